The average Bonchev–Trinajstić information content (AvgIpc) is 2.58. The number of fused-ring (bicyclic) bond motifs is 1. The molecule has 0 spiro atoms. The van der Waals surface area contributed by atoms with Gasteiger partial charge in [0.15, 0.2) is 0 Å². The first-order valence-electron chi connectivity index (χ1n) is 4.42. The van der Waals surface area contributed by atoms with Crippen LogP contribution in [0.15, 0.2) is 24.3 Å². The van der Waals surface area contributed by atoms with E-state index in [0.717, 1.165) is 5.56 Å². The smallest absolute Gasteiger partial charge is 0.299 e. The lowest BCUT2D eigenvalue weighted by Gasteiger charge is -2.12. The number of carbonyl (C=O) groups excluding carboxylic acids is 1. The summed E-state index contributed by atoms with van der Waals surface area (Å²) in [5.41, 5.74) is 1.18. The van der Waals surface area contributed by atoms with Crippen molar-refractivity contribution >= 4 is 5.78 Å². The van der Waals surface area contributed by atoms with Crippen LogP contribution in [0.25, 0.3) is 0 Å². The second-order valence-corrected chi connectivity index (χ2v) is 3.37. The lowest BCUT2D eigenvalue weighted by molar-refractivity contribution is -0.173. The molecule has 15 heavy (non-hydrogen) atoms. The molecule has 1 unspecified atom stereocenters. The molecule has 0 aromatic heterocycles. The third-order valence-electron chi connectivity index (χ3n) is 2.40. The van der Waals surface area contributed by atoms with Gasteiger partial charge in [-0.15, -0.1) is 0 Å². The van der Waals surface area contributed by atoms with Gasteiger partial charge in [-0.25, -0.2) is 0 Å². The van der Waals surface area contributed by atoms with Crippen molar-refractivity contribution in [3.63, 3.8) is 0 Å². The third kappa shape index (κ3) is 1.74. The van der Waals surface area contributed by atoms with Crippen LogP contribution in [0, 0.1) is 0 Å². The number of Topliss-reactive ketones (excluding diaryl/α,β-unsaturated/α-hetero) is 1. The second kappa shape index (κ2) is 3.34. The quantitative estimate of drug-likeness (QED) is 0.775. The van der Waals surface area contributed by atoms with Gasteiger partial charge < -0.3 is 0 Å². The SMILES string of the molecule is O=C(C1NCc2ccccc21)C(F)(F)F. The summed E-state index contributed by atoms with van der Waals surface area (Å²) in [4.78, 5) is 11.0. The Morgan fingerprint density at radius 1 is 1.33 bits per heavy atom. The van der Waals surface area contributed by atoms with E-state index in [9.17, 15) is 18.0 Å². The minimum atomic E-state index is -4.78. The molecule has 1 heterocycles. The maximum Gasteiger partial charge on any atom is 0.452 e. The van der Waals surface area contributed by atoms with E-state index in [1.807, 2.05) is 0 Å². The maximum absolute atomic E-state index is 12.2. The van der Waals surface area contributed by atoms with Crippen molar-refractivity contribution < 1.29 is 18.0 Å². The summed E-state index contributed by atoms with van der Waals surface area (Å²) in [6.45, 7) is 0.308. The molecule has 80 valence electrons. The number of nitrogens with one attached hydrogen (secondary N) is 1. The van der Waals surface area contributed by atoms with Crippen LogP contribution in [-0.2, 0) is 11.3 Å². The molecule has 1 aliphatic heterocycles. The van der Waals surface area contributed by atoms with E-state index in [0.29, 0.717) is 12.1 Å². The maximum atomic E-state index is 12.2. The molecule has 5 heteroatoms. The first kappa shape index (κ1) is 10.2. The Morgan fingerprint density at radius 3 is 2.67 bits per heavy atom. The topological polar surface area (TPSA) is 29.1 Å². The van der Waals surface area contributed by atoms with Crippen molar-refractivity contribution in [2.75, 3.05) is 0 Å². The molecular formula is C10H8F3NO. The predicted octanol–water partition coefficient (Wildman–Crippen LogP) is 1.96. The van der Waals surface area contributed by atoms with E-state index >= 15 is 0 Å². The van der Waals surface area contributed by atoms with Gasteiger partial charge in [0.2, 0.25) is 0 Å². The van der Waals surface area contributed by atoms with Crippen LogP contribution in [0.5, 0.6) is 0 Å². The fourth-order valence-corrected chi connectivity index (χ4v) is 1.70. The van der Waals surface area contributed by atoms with Gasteiger partial charge in [0.05, 0.1) is 0 Å². The number of benzene rings is 1. The van der Waals surface area contributed by atoms with Crippen molar-refractivity contribution in [3.05, 3.63) is 35.4 Å². The Bertz CT molecular complexity index is 400. The van der Waals surface area contributed by atoms with Gasteiger partial charge in [0.1, 0.15) is 6.04 Å². The lowest BCUT2D eigenvalue weighted by atomic mass is 10.0. The van der Waals surface area contributed by atoms with E-state index in [4.69, 9.17) is 0 Å². The highest BCUT2D eigenvalue weighted by Gasteiger charge is 2.45. The van der Waals surface area contributed by atoms with Gasteiger partial charge in [-0.2, -0.15) is 13.2 Å². The van der Waals surface area contributed by atoms with Gasteiger partial charge in [-0.3, -0.25) is 10.1 Å². The number of hydrogen-bond donors (Lipinski definition) is 1. The van der Waals surface area contributed by atoms with Crippen LogP contribution in [0.4, 0.5) is 13.2 Å². The molecule has 1 atom stereocenters. The van der Waals surface area contributed by atoms with Crippen LogP contribution >= 0.6 is 0 Å². The molecule has 1 aromatic rings. The van der Waals surface area contributed by atoms with Gasteiger partial charge in [-0.05, 0) is 11.1 Å². The Morgan fingerprint density at radius 2 is 2.00 bits per heavy atom. The molecule has 1 N–H and O–H groups in total. The molecule has 2 nitrogen and oxygen atoms in total. The normalized spacial score (nSPS) is 20.1. The Labute approximate surface area is 84.1 Å². The standard InChI is InChI=1S/C10H8F3NO/c11-10(12,13)9(15)8-7-4-2-1-3-6(7)5-14-8/h1-4,8,14H,5H2. The molecular weight excluding hydrogens is 207 g/mol. The number of alkyl halides is 3. The molecule has 0 radical (unpaired) electrons. The summed E-state index contributed by atoms with van der Waals surface area (Å²) in [6, 6.07) is 5.39. The molecule has 0 fully saturated rings. The van der Waals surface area contributed by atoms with Gasteiger partial charge in [-0.1, -0.05) is 24.3 Å². The minimum absolute atomic E-state index is 0.308. The summed E-state index contributed by atoms with van der Waals surface area (Å²) in [5, 5.41) is 2.56. The molecule has 0 amide bonds. The molecule has 0 bridgehead atoms. The number of ketones is 1. The lowest BCUT2D eigenvalue weighted by Crippen LogP contribution is -2.33. The van der Waals surface area contributed by atoms with E-state index in [1.54, 1.807) is 24.3 Å². The van der Waals surface area contributed by atoms with Crippen LogP contribution in [-0.4, -0.2) is 12.0 Å². The number of halogens is 3. The summed E-state index contributed by atoms with van der Waals surface area (Å²) in [5.74, 6) is -1.73. The van der Waals surface area contributed by atoms with Crippen molar-refractivity contribution in [1.82, 2.24) is 5.32 Å². The Hall–Kier alpha value is -1.36. The summed E-state index contributed by atoms with van der Waals surface area (Å²) in [6.07, 6.45) is -4.78. The molecule has 0 aliphatic carbocycles. The zero-order chi connectivity index (χ0) is 11.1. The summed E-state index contributed by atoms with van der Waals surface area (Å²) in [7, 11) is 0. The van der Waals surface area contributed by atoms with E-state index in [-0.39, 0.29) is 0 Å². The first-order valence-corrected chi connectivity index (χ1v) is 4.42. The fraction of sp³-hybridized carbons (Fsp3) is 0.300. The molecule has 2 rings (SSSR count). The Balaban J connectivity index is 2.32. The van der Waals surface area contributed by atoms with Crippen LogP contribution in [0.1, 0.15) is 17.2 Å². The predicted molar refractivity (Wildman–Crippen MR) is 47.1 cm³/mol. The number of rotatable bonds is 1. The monoisotopic (exact) mass is 215 g/mol. The zero-order valence-electron chi connectivity index (χ0n) is 7.64. The largest absolute Gasteiger partial charge is 0.452 e. The van der Waals surface area contributed by atoms with Crippen molar-refractivity contribution in [2.45, 2.75) is 18.8 Å². The highest BCUT2D eigenvalue weighted by atomic mass is 19.4. The molecule has 0 saturated heterocycles. The van der Waals surface area contributed by atoms with Crippen molar-refractivity contribution in [2.24, 2.45) is 0 Å². The second-order valence-electron chi connectivity index (χ2n) is 3.37. The van der Waals surface area contributed by atoms with Gasteiger partial charge in [0, 0.05) is 6.54 Å². The van der Waals surface area contributed by atoms with Crippen LogP contribution in [0.2, 0.25) is 0 Å². The number of carbonyl (C=O) groups is 1. The minimum Gasteiger partial charge on any atom is -0.299 e. The van der Waals surface area contributed by atoms with Crippen molar-refractivity contribution in [1.29, 1.82) is 0 Å². The molecule has 1 aliphatic rings. The van der Waals surface area contributed by atoms with E-state index < -0.39 is 18.0 Å². The van der Waals surface area contributed by atoms with E-state index in [2.05, 4.69) is 5.32 Å². The summed E-state index contributed by atoms with van der Waals surface area (Å²) < 4.78 is 36.6. The average molecular weight is 215 g/mol. The van der Waals surface area contributed by atoms with Crippen LogP contribution in [0.3, 0.4) is 0 Å². The highest BCUT2D eigenvalue weighted by Crippen LogP contribution is 2.31. The molecule has 0 saturated carbocycles. The van der Waals surface area contributed by atoms with E-state index in [1.165, 1.54) is 0 Å². The Kier molecular flexibility index (Phi) is 2.26. The molecule has 1 aromatic carbocycles. The highest BCUT2D eigenvalue weighted by molar-refractivity contribution is 5.91. The third-order valence-corrected chi connectivity index (χ3v) is 2.40. The fourth-order valence-electron chi connectivity index (χ4n) is 1.70. The van der Waals surface area contributed by atoms with Crippen LogP contribution < -0.4 is 5.32 Å². The first-order chi connectivity index (χ1) is 7.00. The van der Waals surface area contributed by atoms with Gasteiger partial charge >= 0.3 is 6.18 Å². The zero-order valence-corrected chi connectivity index (χ0v) is 7.64. The summed E-state index contributed by atoms with van der Waals surface area (Å²) >= 11 is 0. The van der Waals surface area contributed by atoms with Gasteiger partial charge in [0.25, 0.3) is 5.78 Å². The number of hydrogen-bond acceptors (Lipinski definition) is 2. The van der Waals surface area contributed by atoms with Crippen molar-refractivity contribution in [3.8, 4) is 0 Å².